The first-order chi connectivity index (χ1) is 13.8. The van der Waals surface area contributed by atoms with Crippen LogP contribution in [-0.2, 0) is 14.3 Å². The predicted molar refractivity (Wildman–Crippen MR) is 106 cm³/mol. The minimum Gasteiger partial charge on any atom is -0.394 e. The van der Waals surface area contributed by atoms with E-state index in [0.717, 1.165) is 11.1 Å². The Morgan fingerprint density at radius 2 is 1.83 bits per heavy atom. The van der Waals surface area contributed by atoms with Crippen molar-refractivity contribution in [2.45, 2.75) is 20.0 Å². The molecule has 0 aromatic heterocycles. The maximum absolute atomic E-state index is 12.2. The van der Waals surface area contributed by atoms with Crippen LogP contribution in [0.1, 0.15) is 22.8 Å². The zero-order chi connectivity index (χ0) is 21.4. The molecule has 0 saturated carbocycles. The third-order valence-corrected chi connectivity index (χ3v) is 4.19. The number of hydrogen-bond donors (Lipinski definition) is 3. The molecule has 154 valence electrons. The molecule has 2 aromatic rings. The van der Waals surface area contributed by atoms with Gasteiger partial charge in [0.1, 0.15) is 0 Å². The normalized spacial score (nSPS) is 11.6. The molecule has 0 heterocycles. The van der Waals surface area contributed by atoms with Crippen LogP contribution in [0, 0.1) is 24.0 Å². The fourth-order valence-electron chi connectivity index (χ4n) is 2.55. The van der Waals surface area contributed by atoms with Crippen LogP contribution >= 0.6 is 0 Å². The second-order valence-electron chi connectivity index (χ2n) is 6.41. The van der Waals surface area contributed by atoms with Gasteiger partial charge in [-0.2, -0.15) is 0 Å². The van der Waals surface area contributed by atoms with Crippen molar-refractivity contribution >= 4 is 23.2 Å². The largest absolute Gasteiger partial charge is 0.394 e. The number of aliphatic hydroxyl groups is 1. The van der Waals surface area contributed by atoms with Crippen LogP contribution in [0.4, 0.5) is 11.4 Å². The van der Waals surface area contributed by atoms with Crippen molar-refractivity contribution in [3.05, 3.63) is 69.3 Å². The van der Waals surface area contributed by atoms with Gasteiger partial charge in [0, 0.05) is 18.7 Å². The number of carbonyl (C=O) groups is 2. The second kappa shape index (κ2) is 10.3. The summed E-state index contributed by atoms with van der Waals surface area (Å²) in [6.45, 7) is 3.52. The van der Waals surface area contributed by atoms with Crippen LogP contribution in [0.25, 0.3) is 0 Å². The molecule has 29 heavy (non-hydrogen) atoms. The van der Waals surface area contributed by atoms with E-state index in [0.29, 0.717) is 5.56 Å². The average molecular weight is 401 g/mol. The lowest BCUT2D eigenvalue weighted by atomic mass is 10.1. The molecule has 3 N–H and O–H groups in total. The quantitative estimate of drug-likeness (QED) is 0.352. The molecule has 1 unspecified atom stereocenters. The number of hydrogen-bond acceptors (Lipinski definition) is 6. The monoisotopic (exact) mass is 401 g/mol. The van der Waals surface area contributed by atoms with E-state index in [1.807, 2.05) is 31.2 Å². The molecule has 0 saturated heterocycles. The first kappa shape index (κ1) is 22.0. The number of non-ortho nitro benzene ring substituents is 1. The van der Waals surface area contributed by atoms with Gasteiger partial charge in [-0.05, 0) is 25.0 Å². The lowest BCUT2D eigenvalue weighted by molar-refractivity contribution is -0.384. The Morgan fingerprint density at radius 3 is 2.45 bits per heavy atom. The standard InChI is InChI=1S/C20H23N3O6/c1-13-3-6-15(7-4-13)18(29-10-9-24)12-21-19(25)20(26)22-17-11-16(23(27)28)8-5-14(17)2/h3-8,11,18,24H,9-10,12H2,1-2H3,(H,21,25)(H,22,26). The smallest absolute Gasteiger partial charge is 0.313 e. The lowest BCUT2D eigenvalue weighted by Gasteiger charge is -2.19. The summed E-state index contributed by atoms with van der Waals surface area (Å²) in [4.78, 5) is 34.7. The summed E-state index contributed by atoms with van der Waals surface area (Å²) in [6.07, 6.45) is -0.543. The topological polar surface area (TPSA) is 131 Å². The molecule has 2 amide bonds. The maximum atomic E-state index is 12.2. The highest BCUT2D eigenvalue weighted by Gasteiger charge is 2.19. The first-order valence-corrected chi connectivity index (χ1v) is 8.95. The van der Waals surface area contributed by atoms with Crippen LogP contribution < -0.4 is 10.6 Å². The molecular formula is C20H23N3O6. The van der Waals surface area contributed by atoms with Gasteiger partial charge in [0.2, 0.25) is 0 Å². The number of aliphatic hydroxyl groups excluding tert-OH is 1. The van der Waals surface area contributed by atoms with Crippen molar-refractivity contribution in [1.82, 2.24) is 5.32 Å². The highest BCUT2D eigenvalue weighted by molar-refractivity contribution is 6.39. The number of nitro benzene ring substituents is 1. The predicted octanol–water partition coefficient (Wildman–Crippen LogP) is 2.02. The Hall–Kier alpha value is -3.30. The third-order valence-electron chi connectivity index (χ3n) is 4.19. The van der Waals surface area contributed by atoms with E-state index in [2.05, 4.69) is 10.6 Å². The fraction of sp³-hybridized carbons (Fsp3) is 0.300. The molecule has 9 nitrogen and oxygen atoms in total. The van der Waals surface area contributed by atoms with Gasteiger partial charge >= 0.3 is 11.8 Å². The zero-order valence-electron chi connectivity index (χ0n) is 16.2. The summed E-state index contributed by atoms with van der Waals surface area (Å²) in [6, 6.07) is 11.5. The molecule has 0 aliphatic carbocycles. The van der Waals surface area contributed by atoms with Gasteiger partial charge in [0.25, 0.3) is 5.69 Å². The van der Waals surface area contributed by atoms with Crippen LogP contribution in [0.2, 0.25) is 0 Å². The van der Waals surface area contributed by atoms with Gasteiger partial charge in [-0.15, -0.1) is 0 Å². The van der Waals surface area contributed by atoms with E-state index in [1.54, 1.807) is 6.92 Å². The van der Waals surface area contributed by atoms with Crippen molar-refractivity contribution in [1.29, 1.82) is 0 Å². The van der Waals surface area contributed by atoms with Gasteiger partial charge < -0.3 is 20.5 Å². The van der Waals surface area contributed by atoms with Crippen molar-refractivity contribution in [2.75, 3.05) is 25.1 Å². The van der Waals surface area contributed by atoms with E-state index in [4.69, 9.17) is 9.84 Å². The summed E-state index contributed by atoms with van der Waals surface area (Å²) in [5.74, 6) is -1.85. The molecule has 1 atom stereocenters. The van der Waals surface area contributed by atoms with Crippen LogP contribution in [-0.4, -0.2) is 41.6 Å². The van der Waals surface area contributed by atoms with E-state index in [-0.39, 0.29) is 31.1 Å². The van der Waals surface area contributed by atoms with E-state index in [1.165, 1.54) is 18.2 Å². The number of nitro groups is 1. The molecule has 2 aromatic carbocycles. The van der Waals surface area contributed by atoms with Gasteiger partial charge in [-0.3, -0.25) is 19.7 Å². The van der Waals surface area contributed by atoms with Crippen LogP contribution in [0.5, 0.6) is 0 Å². The number of rotatable bonds is 8. The molecule has 0 aliphatic rings. The molecule has 0 radical (unpaired) electrons. The van der Waals surface area contributed by atoms with Crippen molar-refractivity contribution in [3.8, 4) is 0 Å². The summed E-state index contributed by atoms with van der Waals surface area (Å²) >= 11 is 0. The zero-order valence-corrected chi connectivity index (χ0v) is 16.2. The molecule has 0 aliphatic heterocycles. The summed E-state index contributed by atoms with van der Waals surface area (Å²) in [5.41, 5.74) is 2.43. The molecule has 0 spiro atoms. The van der Waals surface area contributed by atoms with Crippen molar-refractivity contribution < 1.29 is 24.4 Å². The Bertz CT molecular complexity index is 882. The number of nitrogens with one attached hydrogen (secondary N) is 2. The van der Waals surface area contributed by atoms with Gasteiger partial charge in [-0.1, -0.05) is 35.9 Å². The van der Waals surface area contributed by atoms with Crippen LogP contribution in [0.3, 0.4) is 0 Å². The minimum atomic E-state index is -0.946. The van der Waals surface area contributed by atoms with Gasteiger partial charge in [0.05, 0.1) is 29.9 Å². The number of benzene rings is 2. The highest BCUT2D eigenvalue weighted by atomic mass is 16.6. The minimum absolute atomic E-state index is 0.0171. The molecular weight excluding hydrogens is 378 g/mol. The van der Waals surface area contributed by atoms with Gasteiger partial charge in [-0.25, -0.2) is 0 Å². The number of anilines is 1. The number of ether oxygens (including phenoxy) is 1. The van der Waals surface area contributed by atoms with Crippen molar-refractivity contribution in [2.24, 2.45) is 0 Å². The second-order valence-corrected chi connectivity index (χ2v) is 6.41. The number of nitrogens with zero attached hydrogens (tertiary/aromatic N) is 1. The molecule has 9 heteroatoms. The van der Waals surface area contributed by atoms with E-state index < -0.39 is 22.8 Å². The van der Waals surface area contributed by atoms with E-state index in [9.17, 15) is 19.7 Å². The number of amides is 2. The Kier molecular flexibility index (Phi) is 7.81. The van der Waals surface area contributed by atoms with Crippen molar-refractivity contribution in [3.63, 3.8) is 0 Å². The Morgan fingerprint density at radius 1 is 1.14 bits per heavy atom. The number of carbonyl (C=O) groups excluding carboxylic acids is 2. The molecule has 2 rings (SSSR count). The summed E-state index contributed by atoms with van der Waals surface area (Å²) in [7, 11) is 0. The summed E-state index contributed by atoms with van der Waals surface area (Å²) in [5, 5.41) is 24.8. The Labute approximate surface area is 167 Å². The SMILES string of the molecule is Cc1ccc(C(CNC(=O)C(=O)Nc2cc([N+](=O)[O-])ccc2C)OCCO)cc1. The first-order valence-electron chi connectivity index (χ1n) is 8.95. The third kappa shape index (κ3) is 6.37. The Balaban J connectivity index is 2.02. The molecule has 0 fully saturated rings. The van der Waals surface area contributed by atoms with Crippen LogP contribution in [0.15, 0.2) is 42.5 Å². The maximum Gasteiger partial charge on any atom is 0.313 e. The fourth-order valence-corrected chi connectivity index (χ4v) is 2.55. The van der Waals surface area contributed by atoms with E-state index >= 15 is 0 Å². The lowest BCUT2D eigenvalue weighted by Crippen LogP contribution is -2.38. The molecule has 0 bridgehead atoms. The highest BCUT2D eigenvalue weighted by Crippen LogP contribution is 2.22. The average Bonchev–Trinajstić information content (AvgIpc) is 2.70. The van der Waals surface area contributed by atoms with Gasteiger partial charge in [0.15, 0.2) is 0 Å². The summed E-state index contributed by atoms with van der Waals surface area (Å²) < 4.78 is 5.56. The number of aryl methyl sites for hydroxylation is 2.